The third kappa shape index (κ3) is 3.45. The fraction of sp³-hybridized carbons (Fsp3) is 0.571. The number of aromatic carboxylic acids is 1. The van der Waals surface area contributed by atoms with Gasteiger partial charge >= 0.3 is 5.97 Å². The molecule has 18 heavy (non-hydrogen) atoms. The Bertz CT molecular complexity index is 399. The summed E-state index contributed by atoms with van der Waals surface area (Å²) in [5, 5.41) is 12.4. The highest BCUT2D eigenvalue weighted by Crippen LogP contribution is 2.22. The van der Waals surface area contributed by atoms with Crippen molar-refractivity contribution in [3.8, 4) is 0 Å². The summed E-state index contributed by atoms with van der Waals surface area (Å²) < 4.78 is 0. The maximum atomic E-state index is 11.1. The molecule has 2 N–H and O–H groups in total. The summed E-state index contributed by atoms with van der Waals surface area (Å²) in [7, 11) is 0. The minimum atomic E-state index is -0.969. The molecular weight excluding hydrogens is 228 g/mol. The van der Waals surface area contributed by atoms with Crippen molar-refractivity contribution in [3.05, 3.63) is 24.0 Å². The average Bonchev–Trinajstić information content (AvgIpc) is 2.33. The van der Waals surface area contributed by atoms with Crippen molar-refractivity contribution in [2.24, 2.45) is 0 Å². The van der Waals surface area contributed by atoms with E-state index >= 15 is 0 Å². The van der Waals surface area contributed by atoms with E-state index in [0.717, 1.165) is 12.8 Å². The van der Waals surface area contributed by atoms with Gasteiger partial charge in [0.25, 0.3) is 0 Å². The molecule has 0 bridgehead atoms. The Labute approximate surface area is 107 Å². The Morgan fingerprint density at radius 2 is 1.89 bits per heavy atom. The zero-order valence-corrected chi connectivity index (χ0v) is 10.6. The molecule has 1 aromatic rings. The van der Waals surface area contributed by atoms with Crippen LogP contribution in [0.2, 0.25) is 0 Å². The molecule has 4 heteroatoms. The van der Waals surface area contributed by atoms with Crippen molar-refractivity contribution in [1.82, 2.24) is 4.98 Å². The van der Waals surface area contributed by atoms with Gasteiger partial charge < -0.3 is 10.4 Å². The van der Waals surface area contributed by atoms with Gasteiger partial charge in [-0.1, -0.05) is 32.1 Å². The predicted octanol–water partition coefficient (Wildman–Crippen LogP) is 3.30. The third-order valence-electron chi connectivity index (χ3n) is 3.48. The van der Waals surface area contributed by atoms with Gasteiger partial charge in [-0.2, -0.15) is 0 Å². The molecule has 1 aliphatic carbocycles. The van der Waals surface area contributed by atoms with Gasteiger partial charge in [0, 0.05) is 12.2 Å². The second-order valence-corrected chi connectivity index (χ2v) is 4.89. The third-order valence-corrected chi connectivity index (χ3v) is 3.48. The van der Waals surface area contributed by atoms with Gasteiger partial charge in [-0.3, -0.25) is 0 Å². The molecule has 0 unspecified atom stereocenters. The van der Waals surface area contributed by atoms with E-state index in [4.69, 9.17) is 5.11 Å². The van der Waals surface area contributed by atoms with Crippen LogP contribution in [0.15, 0.2) is 18.3 Å². The van der Waals surface area contributed by atoms with Crippen LogP contribution >= 0.6 is 0 Å². The highest BCUT2D eigenvalue weighted by molar-refractivity contribution is 5.91. The van der Waals surface area contributed by atoms with Crippen LogP contribution in [0.1, 0.15) is 55.4 Å². The van der Waals surface area contributed by atoms with E-state index in [0.29, 0.717) is 11.7 Å². The summed E-state index contributed by atoms with van der Waals surface area (Å²) in [6.45, 7) is 0. The molecular formula is C14H20N2O2. The molecule has 1 aliphatic rings. The summed E-state index contributed by atoms with van der Waals surface area (Å²) in [6.07, 6.45) is 10.1. The zero-order chi connectivity index (χ0) is 12.8. The number of nitrogens with zero attached hydrogens (tertiary/aromatic N) is 1. The maximum absolute atomic E-state index is 11.1. The average molecular weight is 248 g/mol. The fourth-order valence-electron chi connectivity index (χ4n) is 2.51. The molecule has 0 aromatic carbocycles. The smallest absolute Gasteiger partial charge is 0.356 e. The molecule has 1 saturated carbocycles. The fourth-order valence-corrected chi connectivity index (χ4v) is 2.51. The first-order chi connectivity index (χ1) is 8.77. The first-order valence-electron chi connectivity index (χ1n) is 6.72. The summed E-state index contributed by atoms with van der Waals surface area (Å²) in [4.78, 5) is 15.0. The number of anilines is 1. The van der Waals surface area contributed by atoms with Crippen molar-refractivity contribution < 1.29 is 9.90 Å². The van der Waals surface area contributed by atoms with Gasteiger partial charge in [0.2, 0.25) is 0 Å². The number of hydrogen-bond donors (Lipinski definition) is 2. The Morgan fingerprint density at radius 3 is 2.56 bits per heavy atom. The topological polar surface area (TPSA) is 62.2 Å². The van der Waals surface area contributed by atoms with Gasteiger partial charge in [-0.25, -0.2) is 9.78 Å². The lowest BCUT2D eigenvalue weighted by atomic mass is 9.96. The summed E-state index contributed by atoms with van der Waals surface area (Å²) >= 11 is 0. The minimum absolute atomic E-state index is 0.125. The second-order valence-electron chi connectivity index (χ2n) is 4.89. The normalized spacial score (nSPS) is 17.8. The molecule has 2 rings (SSSR count). The summed E-state index contributed by atoms with van der Waals surface area (Å²) in [6, 6.07) is 3.96. The molecule has 98 valence electrons. The van der Waals surface area contributed by atoms with Crippen molar-refractivity contribution in [2.45, 2.75) is 51.0 Å². The van der Waals surface area contributed by atoms with Crippen molar-refractivity contribution in [1.29, 1.82) is 0 Å². The van der Waals surface area contributed by atoms with Crippen LogP contribution in [-0.4, -0.2) is 22.1 Å². The van der Waals surface area contributed by atoms with Crippen LogP contribution in [0, 0.1) is 0 Å². The molecule has 0 aliphatic heterocycles. The summed E-state index contributed by atoms with van der Waals surface area (Å²) in [5.74, 6) is -0.969. The minimum Gasteiger partial charge on any atom is -0.476 e. The van der Waals surface area contributed by atoms with Gasteiger partial charge in [0.1, 0.15) is 0 Å². The highest BCUT2D eigenvalue weighted by Gasteiger charge is 2.16. The Morgan fingerprint density at radius 1 is 1.22 bits per heavy atom. The number of hydrogen-bond acceptors (Lipinski definition) is 3. The SMILES string of the molecule is O=C(O)c1ncccc1NC1CCCCCCC1. The number of carboxylic acid groups (broad SMARTS) is 1. The maximum Gasteiger partial charge on any atom is 0.356 e. The van der Waals surface area contributed by atoms with Crippen LogP contribution in [0.4, 0.5) is 5.69 Å². The lowest BCUT2D eigenvalue weighted by molar-refractivity contribution is 0.0691. The number of carboxylic acids is 1. The van der Waals surface area contributed by atoms with E-state index in [1.54, 1.807) is 12.1 Å². The quantitative estimate of drug-likeness (QED) is 0.861. The van der Waals surface area contributed by atoms with Gasteiger partial charge in [-0.15, -0.1) is 0 Å². The van der Waals surface area contributed by atoms with E-state index in [9.17, 15) is 4.79 Å². The van der Waals surface area contributed by atoms with E-state index < -0.39 is 5.97 Å². The lowest BCUT2D eigenvalue weighted by Crippen LogP contribution is -2.22. The molecule has 1 aromatic heterocycles. The second kappa shape index (κ2) is 6.38. The van der Waals surface area contributed by atoms with Crippen LogP contribution < -0.4 is 5.32 Å². The van der Waals surface area contributed by atoms with Crippen molar-refractivity contribution >= 4 is 11.7 Å². The highest BCUT2D eigenvalue weighted by atomic mass is 16.4. The van der Waals surface area contributed by atoms with E-state index in [2.05, 4.69) is 10.3 Å². The molecule has 0 radical (unpaired) electrons. The van der Waals surface area contributed by atoms with Gasteiger partial charge in [0.05, 0.1) is 5.69 Å². The molecule has 0 spiro atoms. The summed E-state index contributed by atoms with van der Waals surface area (Å²) in [5.41, 5.74) is 0.773. The lowest BCUT2D eigenvalue weighted by Gasteiger charge is -2.22. The first kappa shape index (κ1) is 12.9. The Hall–Kier alpha value is -1.58. The van der Waals surface area contributed by atoms with Crippen molar-refractivity contribution in [3.63, 3.8) is 0 Å². The molecule has 0 atom stereocenters. The number of rotatable bonds is 3. The first-order valence-corrected chi connectivity index (χ1v) is 6.72. The van der Waals surface area contributed by atoms with Crippen LogP contribution in [0.3, 0.4) is 0 Å². The van der Waals surface area contributed by atoms with E-state index in [1.807, 2.05) is 0 Å². The van der Waals surface area contributed by atoms with E-state index in [1.165, 1.54) is 38.3 Å². The molecule has 0 saturated heterocycles. The largest absolute Gasteiger partial charge is 0.476 e. The van der Waals surface area contributed by atoms with Crippen molar-refractivity contribution in [2.75, 3.05) is 5.32 Å². The standard InChI is InChI=1S/C14H20N2O2/c17-14(18)13-12(9-6-10-15-13)16-11-7-4-2-1-3-5-8-11/h6,9-11,16H,1-5,7-8H2,(H,17,18). The number of aromatic nitrogens is 1. The number of nitrogens with one attached hydrogen (secondary N) is 1. The Balaban J connectivity index is 2.05. The molecule has 1 fully saturated rings. The molecule has 0 amide bonds. The molecule has 1 heterocycles. The van der Waals surface area contributed by atoms with E-state index in [-0.39, 0.29) is 5.69 Å². The Kier molecular flexibility index (Phi) is 4.56. The number of carbonyl (C=O) groups is 1. The van der Waals surface area contributed by atoms with Crippen LogP contribution in [0.25, 0.3) is 0 Å². The van der Waals surface area contributed by atoms with Gasteiger partial charge in [-0.05, 0) is 25.0 Å². The molecule has 4 nitrogen and oxygen atoms in total. The zero-order valence-electron chi connectivity index (χ0n) is 10.6. The van der Waals surface area contributed by atoms with Crippen LogP contribution in [-0.2, 0) is 0 Å². The van der Waals surface area contributed by atoms with Crippen LogP contribution in [0.5, 0.6) is 0 Å². The number of pyridine rings is 1. The van der Waals surface area contributed by atoms with Gasteiger partial charge in [0.15, 0.2) is 5.69 Å². The monoisotopic (exact) mass is 248 g/mol. The predicted molar refractivity (Wildman–Crippen MR) is 70.9 cm³/mol.